The van der Waals surface area contributed by atoms with E-state index in [9.17, 15) is 0 Å². The summed E-state index contributed by atoms with van der Waals surface area (Å²) in [6.45, 7) is 0. The fourth-order valence-corrected chi connectivity index (χ4v) is 12.8. The third-order valence-electron chi connectivity index (χ3n) is 16.1. The van der Waals surface area contributed by atoms with E-state index in [2.05, 4.69) is 290 Å². The maximum atomic E-state index is 2.56. The molecular formula is C73H47N. The molecule has 0 amide bonds. The third-order valence-corrected chi connectivity index (χ3v) is 16.1. The summed E-state index contributed by atoms with van der Waals surface area (Å²) in [6.07, 6.45) is 0. The maximum Gasteiger partial charge on any atom is 0.0726 e. The first kappa shape index (κ1) is 42.2. The number of rotatable bonds is 7. The molecule has 0 aromatic heterocycles. The predicted octanol–water partition coefficient (Wildman–Crippen LogP) is 19.6. The quantitative estimate of drug-likeness (QED) is 0.144. The molecule has 1 nitrogen and oxygen atoms in total. The van der Waals surface area contributed by atoms with Gasteiger partial charge in [0.1, 0.15) is 0 Å². The van der Waals surface area contributed by atoms with Crippen LogP contribution in [-0.2, 0) is 5.41 Å². The van der Waals surface area contributed by atoms with Crippen LogP contribution in [0, 0.1) is 0 Å². The lowest BCUT2D eigenvalue weighted by Gasteiger charge is -2.33. The molecule has 74 heavy (non-hydrogen) atoms. The normalized spacial score (nSPS) is 12.7. The Bertz CT molecular complexity index is 4240. The summed E-state index contributed by atoms with van der Waals surface area (Å²) in [4.78, 5) is 2.54. The van der Waals surface area contributed by atoms with Gasteiger partial charge in [-0.3, -0.25) is 0 Å². The average molecular weight is 938 g/mol. The van der Waals surface area contributed by atoms with Crippen molar-refractivity contribution in [3.63, 3.8) is 0 Å². The number of hydrogen-bond acceptors (Lipinski definition) is 1. The van der Waals surface area contributed by atoms with Crippen LogP contribution in [0.1, 0.15) is 22.3 Å². The largest absolute Gasteiger partial charge is 0.310 e. The molecule has 0 heterocycles. The second-order valence-corrected chi connectivity index (χ2v) is 19.9. The van der Waals surface area contributed by atoms with Gasteiger partial charge in [0.25, 0.3) is 0 Å². The molecule has 1 spiro atoms. The van der Waals surface area contributed by atoms with E-state index in [4.69, 9.17) is 0 Å². The zero-order valence-electron chi connectivity index (χ0n) is 40.6. The summed E-state index contributed by atoms with van der Waals surface area (Å²) < 4.78 is 0. The van der Waals surface area contributed by atoms with E-state index in [1.165, 1.54) is 116 Å². The first-order chi connectivity index (χ1) is 36.7. The molecule has 0 unspecified atom stereocenters. The number of hydrogen-bond donors (Lipinski definition) is 0. The Hall–Kier alpha value is -9.56. The molecule has 0 N–H and O–H groups in total. The molecule has 2 aliphatic carbocycles. The Kier molecular flexibility index (Phi) is 9.55. The van der Waals surface area contributed by atoms with Crippen LogP contribution in [0.15, 0.2) is 285 Å². The van der Waals surface area contributed by atoms with Crippen LogP contribution in [-0.4, -0.2) is 0 Å². The fraction of sp³-hybridized carbons (Fsp3) is 0.0137. The van der Waals surface area contributed by atoms with E-state index in [0.29, 0.717) is 0 Å². The van der Waals surface area contributed by atoms with Crippen molar-refractivity contribution < 1.29 is 0 Å². The molecule has 0 saturated carbocycles. The number of nitrogens with zero attached hydrogens (tertiary/aromatic N) is 1. The van der Waals surface area contributed by atoms with Crippen molar-refractivity contribution in [3.05, 3.63) is 307 Å². The van der Waals surface area contributed by atoms with Crippen LogP contribution in [0.5, 0.6) is 0 Å². The van der Waals surface area contributed by atoms with Crippen molar-refractivity contribution in [1.29, 1.82) is 0 Å². The van der Waals surface area contributed by atoms with Crippen LogP contribution >= 0.6 is 0 Å². The molecule has 2 aliphatic rings. The van der Waals surface area contributed by atoms with Crippen LogP contribution in [0.2, 0.25) is 0 Å². The van der Waals surface area contributed by atoms with Crippen molar-refractivity contribution in [2.75, 3.05) is 4.90 Å². The minimum atomic E-state index is -0.524. The highest BCUT2D eigenvalue weighted by atomic mass is 15.1. The molecule has 13 aromatic rings. The van der Waals surface area contributed by atoms with Gasteiger partial charge in [0, 0.05) is 16.9 Å². The molecule has 13 aromatic carbocycles. The highest BCUT2D eigenvalue weighted by Gasteiger charge is 2.52. The molecule has 0 saturated heterocycles. The summed E-state index contributed by atoms with van der Waals surface area (Å²) in [7, 11) is 0. The fourth-order valence-electron chi connectivity index (χ4n) is 12.8. The Morgan fingerprint density at radius 1 is 0.203 bits per heavy atom. The van der Waals surface area contributed by atoms with Crippen LogP contribution < -0.4 is 4.90 Å². The molecule has 15 rings (SSSR count). The summed E-state index contributed by atoms with van der Waals surface area (Å²) in [6, 6.07) is 106. The molecule has 0 aliphatic heterocycles. The minimum absolute atomic E-state index is 0.524. The molecule has 0 atom stereocenters. The molecule has 0 radical (unpaired) electrons. The monoisotopic (exact) mass is 937 g/mol. The minimum Gasteiger partial charge on any atom is -0.310 e. The van der Waals surface area contributed by atoms with Gasteiger partial charge in [-0.25, -0.2) is 0 Å². The van der Waals surface area contributed by atoms with Crippen molar-refractivity contribution in [3.8, 4) is 66.8 Å². The smallest absolute Gasteiger partial charge is 0.0726 e. The molecule has 1 heteroatoms. The SMILES string of the molecule is c1ccc(-c2ccc(-c3ccc(N(c4ccc5c6ccccc6c6ccccc6c5c4)c4cc5c(cc4-c4ccc(-c6ccccc6)cc4)-c4ccccc4C54c5ccccc5-c5ccccc54)cc3)cc2)cc1. The van der Waals surface area contributed by atoms with E-state index < -0.39 is 5.41 Å². The maximum absolute atomic E-state index is 2.56. The standard InChI is InChI=1S/C73H47N/c1-3-17-48(18-4-1)50-31-33-52(34-32-50)53-39-41-55(42-40-53)74(56-43-44-61-59-23-8-7-21-57(59)58-22-9-10-24-60(58)66(61)45-56)72-47-71-67(46-65(72)54-37-35-51(36-38-54)49-19-5-2-6-20-49)64-27-13-16-30-70(64)73(71)68-28-14-11-25-62(68)63-26-12-15-29-69(63)73/h1-47H. The third kappa shape index (κ3) is 6.36. The topological polar surface area (TPSA) is 3.24 Å². The zero-order chi connectivity index (χ0) is 48.7. The van der Waals surface area contributed by atoms with E-state index >= 15 is 0 Å². The molecule has 0 bridgehead atoms. The van der Waals surface area contributed by atoms with Crippen LogP contribution in [0.3, 0.4) is 0 Å². The molecule has 344 valence electrons. The van der Waals surface area contributed by atoms with E-state index in [-0.39, 0.29) is 0 Å². The summed E-state index contributed by atoms with van der Waals surface area (Å²) in [5, 5.41) is 7.52. The van der Waals surface area contributed by atoms with Gasteiger partial charge in [-0.1, -0.05) is 249 Å². The van der Waals surface area contributed by atoms with E-state index in [1.807, 2.05) is 0 Å². The first-order valence-electron chi connectivity index (χ1n) is 25.7. The van der Waals surface area contributed by atoms with Crippen LogP contribution in [0.25, 0.3) is 99.1 Å². The van der Waals surface area contributed by atoms with Crippen LogP contribution in [0.4, 0.5) is 17.1 Å². The van der Waals surface area contributed by atoms with E-state index in [0.717, 1.165) is 22.6 Å². The molecule has 0 fully saturated rings. The van der Waals surface area contributed by atoms with Gasteiger partial charge in [-0.2, -0.15) is 0 Å². The lowest BCUT2D eigenvalue weighted by molar-refractivity contribution is 0.794. The van der Waals surface area contributed by atoms with Gasteiger partial charge in [0.05, 0.1) is 11.1 Å². The lowest BCUT2D eigenvalue weighted by atomic mass is 9.70. The lowest BCUT2D eigenvalue weighted by Crippen LogP contribution is -2.26. The van der Waals surface area contributed by atoms with Crippen molar-refractivity contribution in [1.82, 2.24) is 0 Å². The Labute approximate surface area is 431 Å². The second-order valence-electron chi connectivity index (χ2n) is 19.9. The highest BCUT2D eigenvalue weighted by Crippen LogP contribution is 2.64. The average Bonchev–Trinajstić information content (AvgIpc) is 4.08. The second kappa shape index (κ2) is 16.8. The first-order valence-corrected chi connectivity index (χ1v) is 25.7. The number of anilines is 3. The number of benzene rings is 13. The number of fused-ring (bicyclic) bond motifs is 16. The Morgan fingerprint density at radius 3 is 1.04 bits per heavy atom. The van der Waals surface area contributed by atoms with Gasteiger partial charge < -0.3 is 4.90 Å². The summed E-state index contributed by atoms with van der Waals surface area (Å²) in [5.41, 5.74) is 22.7. The zero-order valence-corrected chi connectivity index (χ0v) is 40.6. The summed E-state index contributed by atoms with van der Waals surface area (Å²) >= 11 is 0. The van der Waals surface area contributed by atoms with Crippen molar-refractivity contribution >= 4 is 49.4 Å². The van der Waals surface area contributed by atoms with Gasteiger partial charge in [-0.05, 0) is 152 Å². The van der Waals surface area contributed by atoms with Gasteiger partial charge in [0.2, 0.25) is 0 Å². The Balaban J connectivity index is 1.01. The highest BCUT2D eigenvalue weighted by molar-refractivity contribution is 6.26. The van der Waals surface area contributed by atoms with Crippen molar-refractivity contribution in [2.24, 2.45) is 0 Å². The summed E-state index contributed by atoms with van der Waals surface area (Å²) in [5.74, 6) is 0. The van der Waals surface area contributed by atoms with Crippen molar-refractivity contribution in [2.45, 2.75) is 5.41 Å². The predicted molar refractivity (Wildman–Crippen MR) is 312 cm³/mol. The van der Waals surface area contributed by atoms with E-state index in [1.54, 1.807) is 0 Å². The van der Waals surface area contributed by atoms with Gasteiger partial charge >= 0.3 is 0 Å². The van der Waals surface area contributed by atoms with Gasteiger partial charge in [0.15, 0.2) is 0 Å². The molecular weight excluding hydrogens is 891 g/mol. The Morgan fingerprint density at radius 2 is 0.554 bits per heavy atom. The van der Waals surface area contributed by atoms with Gasteiger partial charge in [-0.15, -0.1) is 0 Å².